The van der Waals surface area contributed by atoms with Gasteiger partial charge in [0.1, 0.15) is 0 Å². The molecule has 0 unspecified atom stereocenters. The lowest BCUT2D eigenvalue weighted by atomic mass is 9.46. The van der Waals surface area contributed by atoms with Crippen molar-refractivity contribution in [2.45, 2.75) is 90.8 Å². The molecule has 0 aliphatic heterocycles. The molecule has 3 fully saturated rings. The molecule has 0 saturated heterocycles. The molecule has 4 rings (SSSR count). The van der Waals surface area contributed by atoms with Crippen LogP contribution in [0.2, 0.25) is 0 Å². The first-order valence-corrected chi connectivity index (χ1v) is 13.0. The third kappa shape index (κ3) is 4.09. The average molecular weight is 487 g/mol. The topological polar surface area (TPSA) is 107 Å². The fraction of sp³-hybridized carbons (Fsp3) is 0.714. The molecule has 0 amide bonds. The van der Waals surface area contributed by atoms with E-state index < -0.39 is 46.9 Å². The lowest BCUT2D eigenvalue weighted by molar-refractivity contribution is -0.199. The number of hydrogen-bond acceptors (Lipinski definition) is 7. The van der Waals surface area contributed by atoms with Gasteiger partial charge in [0.2, 0.25) is 5.78 Å². The number of allylic oxidation sites excluding steroid dienone is 4. The molecular weight excluding hydrogens is 448 g/mol. The highest BCUT2D eigenvalue weighted by atomic mass is 16.6. The Morgan fingerprint density at radius 2 is 1.94 bits per heavy atom. The molecule has 0 aromatic heterocycles. The molecule has 7 heteroatoms. The van der Waals surface area contributed by atoms with Crippen LogP contribution in [-0.2, 0) is 28.7 Å². The predicted octanol–water partition coefficient (Wildman–Crippen LogP) is 3.87. The highest BCUT2D eigenvalue weighted by Crippen LogP contribution is 2.67. The molecule has 1 N–H and O–H groups in total. The molecule has 4 aliphatic rings. The molecule has 3 saturated carbocycles. The van der Waals surface area contributed by atoms with Gasteiger partial charge in [-0.1, -0.05) is 38.8 Å². The second kappa shape index (κ2) is 9.30. The van der Waals surface area contributed by atoms with E-state index in [9.17, 15) is 24.3 Å². The Bertz CT molecular complexity index is 980. The lowest BCUT2D eigenvalue weighted by Gasteiger charge is -2.59. The zero-order chi connectivity index (χ0) is 25.6. The van der Waals surface area contributed by atoms with E-state index >= 15 is 0 Å². The number of ether oxygens (including phenoxy) is 2. The Morgan fingerprint density at radius 3 is 2.63 bits per heavy atom. The molecule has 7 atom stereocenters. The number of aliphatic hydroxyl groups excluding tert-OH is 1. The van der Waals surface area contributed by atoms with Crippen LogP contribution in [0.5, 0.6) is 0 Å². The smallest absolute Gasteiger partial charge is 0.306 e. The van der Waals surface area contributed by atoms with Gasteiger partial charge in [0.25, 0.3) is 0 Å². The molecular formula is C28H38O7. The quantitative estimate of drug-likeness (QED) is 0.544. The Morgan fingerprint density at radius 1 is 1.20 bits per heavy atom. The number of fused-ring (bicyclic) bond motifs is 5. The van der Waals surface area contributed by atoms with Gasteiger partial charge >= 0.3 is 11.9 Å². The van der Waals surface area contributed by atoms with Crippen LogP contribution < -0.4 is 0 Å². The Kier molecular flexibility index (Phi) is 6.86. The number of carbonyl (C=O) groups is 4. The van der Waals surface area contributed by atoms with Crippen LogP contribution in [-0.4, -0.2) is 46.9 Å². The number of rotatable bonds is 7. The van der Waals surface area contributed by atoms with Crippen molar-refractivity contribution in [2.75, 3.05) is 6.61 Å². The average Bonchev–Trinajstić information content (AvgIpc) is 3.08. The minimum Gasteiger partial charge on any atom is -0.457 e. The normalized spacial score (nSPS) is 39.7. The van der Waals surface area contributed by atoms with Gasteiger partial charge in [-0.25, -0.2) is 0 Å². The van der Waals surface area contributed by atoms with Crippen molar-refractivity contribution in [3.63, 3.8) is 0 Å². The zero-order valence-corrected chi connectivity index (χ0v) is 21.3. The molecule has 0 heterocycles. The Balaban J connectivity index is 1.64. The molecule has 0 aromatic carbocycles. The summed E-state index contributed by atoms with van der Waals surface area (Å²) < 4.78 is 11.1. The van der Waals surface area contributed by atoms with Crippen molar-refractivity contribution in [3.8, 4) is 0 Å². The van der Waals surface area contributed by atoms with E-state index in [1.54, 1.807) is 12.2 Å². The van der Waals surface area contributed by atoms with E-state index in [1.165, 1.54) is 6.92 Å². The fourth-order valence-corrected chi connectivity index (χ4v) is 7.90. The van der Waals surface area contributed by atoms with Crippen molar-refractivity contribution >= 4 is 23.5 Å². The maximum atomic E-state index is 13.6. The van der Waals surface area contributed by atoms with Crippen LogP contribution in [0.1, 0.15) is 79.1 Å². The van der Waals surface area contributed by atoms with Gasteiger partial charge in [-0.15, -0.1) is 0 Å². The van der Waals surface area contributed by atoms with Crippen molar-refractivity contribution < 1.29 is 33.8 Å². The number of carbonyl (C=O) groups excluding carboxylic acids is 4. The van der Waals surface area contributed by atoms with Crippen LogP contribution >= 0.6 is 0 Å². The summed E-state index contributed by atoms with van der Waals surface area (Å²) in [7, 11) is 0. The Labute approximate surface area is 207 Å². The minimum atomic E-state index is -1.43. The number of Topliss-reactive ketones (excluding diaryl/α,β-unsaturated/α-hetero) is 1. The molecule has 4 aliphatic carbocycles. The third-order valence-corrected chi connectivity index (χ3v) is 9.48. The first-order valence-electron chi connectivity index (χ1n) is 13.0. The van der Waals surface area contributed by atoms with Crippen molar-refractivity contribution in [1.82, 2.24) is 0 Å². The SMILES string of the molecule is CCCCC(=O)OCC(=O)[C@@]1(OC(C)=O)CC[C@H]2[C@@H]3CCC4=CC(=O)C=C[C@]4(C)[C@H]3[C@@H](O)C[C@@]21C. The summed E-state index contributed by atoms with van der Waals surface area (Å²) in [5, 5.41) is 11.6. The van der Waals surface area contributed by atoms with Gasteiger partial charge in [0.15, 0.2) is 18.0 Å². The van der Waals surface area contributed by atoms with Gasteiger partial charge in [0, 0.05) is 30.1 Å². The molecule has 35 heavy (non-hydrogen) atoms. The predicted molar refractivity (Wildman–Crippen MR) is 128 cm³/mol. The van der Waals surface area contributed by atoms with E-state index in [1.807, 2.05) is 19.9 Å². The Hall–Kier alpha value is -2.28. The summed E-state index contributed by atoms with van der Waals surface area (Å²) in [6.07, 6.45) is 9.20. The third-order valence-electron chi connectivity index (χ3n) is 9.48. The van der Waals surface area contributed by atoms with E-state index in [4.69, 9.17) is 9.47 Å². The first-order chi connectivity index (χ1) is 16.5. The largest absolute Gasteiger partial charge is 0.457 e. The monoisotopic (exact) mass is 486 g/mol. The van der Waals surface area contributed by atoms with Gasteiger partial charge < -0.3 is 14.6 Å². The minimum absolute atomic E-state index is 0.0140. The summed E-state index contributed by atoms with van der Waals surface area (Å²) in [6, 6.07) is 0. The summed E-state index contributed by atoms with van der Waals surface area (Å²) in [5.41, 5.74) is -1.56. The summed E-state index contributed by atoms with van der Waals surface area (Å²) >= 11 is 0. The second-order valence-electron chi connectivity index (χ2n) is 11.4. The molecule has 7 nitrogen and oxygen atoms in total. The van der Waals surface area contributed by atoms with Crippen molar-refractivity contribution in [2.24, 2.45) is 28.6 Å². The van der Waals surface area contributed by atoms with Gasteiger partial charge in [-0.05, 0) is 62.5 Å². The number of aliphatic hydroxyl groups is 1. The fourth-order valence-electron chi connectivity index (χ4n) is 7.90. The van der Waals surface area contributed by atoms with E-state index in [0.29, 0.717) is 25.7 Å². The van der Waals surface area contributed by atoms with Crippen LogP contribution in [0.3, 0.4) is 0 Å². The van der Waals surface area contributed by atoms with Crippen LogP contribution in [0, 0.1) is 28.6 Å². The van der Waals surface area contributed by atoms with Crippen LogP contribution in [0.25, 0.3) is 0 Å². The summed E-state index contributed by atoms with van der Waals surface area (Å²) in [6.45, 7) is 6.89. The standard InChI is InChI=1S/C28H38O7/c1-5-6-7-24(33)34-16-23(32)28(35-17(2)29)13-11-21-20-9-8-18-14-19(30)10-12-26(18,3)25(20)22(31)15-27(21,28)4/h10,12,14,20-22,25,31H,5-9,11,13,15-16H2,1-4H3/t20-,21-,22-,25+,26-,27-,28-/m0/s1. The summed E-state index contributed by atoms with van der Waals surface area (Å²) in [5.74, 6) is -1.32. The molecule has 0 aromatic rings. The van der Waals surface area contributed by atoms with E-state index in [2.05, 4.69) is 6.92 Å². The van der Waals surface area contributed by atoms with Gasteiger partial charge in [-0.2, -0.15) is 0 Å². The number of esters is 2. The molecule has 0 bridgehead atoms. The first kappa shape index (κ1) is 25.8. The van der Waals surface area contributed by atoms with Crippen molar-refractivity contribution in [3.05, 3.63) is 23.8 Å². The van der Waals surface area contributed by atoms with Gasteiger partial charge in [0.05, 0.1) is 6.10 Å². The highest BCUT2D eigenvalue weighted by molar-refractivity contribution is 6.01. The number of unbranched alkanes of at least 4 members (excludes halogenated alkanes) is 1. The van der Waals surface area contributed by atoms with E-state index in [-0.39, 0.29) is 30.0 Å². The van der Waals surface area contributed by atoms with Crippen molar-refractivity contribution in [1.29, 1.82) is 0 Å². The molecule has 0 radical (unpaired) electrons. The highest BCUT2D eigenvalue weighted by Gasteiger charge is 2.70. The number of ketones is 2. The van der Waals surface area contributed by atoms with Gasteiger partial charge in [-0.3, -0.25) is 19.2 Å². The maximum absolute atomic E-state index is 13.6. The summed E-state index contributed by atoms with van der Waals surface area (Å²) in [4.78, 5) is 50.0. The van der Waals surface area contributed by atoms with Crippen LogP contribution in [0.15, 0.2) is 23.8 Å². The zero-order valence-electron chi connectivity index (χ0n) is 21.3. The van der Waals surface area contributed by atoms with Crippen LogP contribution in [0.4, 0.5) is 0 Å². The molecule has 0 spiro atoms. The molecule has 192 valence electrons. The lowest BCUT2D eigenvalue weighted by Crippen LogP contribution is -2.63. The maximum Gasteiger partial charge on any atom is 0.306 e. The second-order valence-corrected chi connectivity index (χ2v) is 11.4. The number of hydrogen-bond donors (Lipinski definition) is 1. The van der Waals surface area contributed by atoms with E-state index in [0.717, 1.165) is 24.8 Å².